The molecule has 0 spiro atoms. The fraction of sp³-hybridized carbons (Fsp3) is 0.556. The molecule has 134 valence electrons. The molecule has 0 aromatic heterocycles. The van der Waals surface area contributed by atoms with Gasteiger partial charge in [0.25, 0.3) is 5.91 Å². The summed E-state index contributed by atoms with van der Waals surface area (Å²) in [6.45, 7) is 4.25. The number of hydrogen-bond donors (Lipinski definition) is 3. The van der Waals surface area contributed by atoms with E-state index in [4.69, 9.17) is 0 Å². The normalized spacial score (nSPS) is 14.5. The third kappa shape index (κ3) is 6.49. The zero-order valence-electron chi connectivity index (χ0n) is 14.3. The van der Waals surface area contributed by atoms with Crippen molar-refractivity contribution in [2.45, 2.75) is 39.0 Å². The van der Waals surface area contributed by atoms with E-state index in [9.17, 15) is 9.59 Å². The number of benzene rings is 1. The molecule has 6 heteroatoms. The highest BCUT2D eigenvalue weighted by atomic mass is 35.5. The second-order valence-electron chi connectivity index (χ2n) is 6.01. The lowest BCUT2D eigenvalue weighted by molar-refractivity contribution is -0.120. The molecule has 1 aliphatic carbocycles. The van der Waals surface area contributed by atoms with Gasteiger partial charge in [-0.15, -0.1) is 12.4 Å². The maximum Gasteiger partial charge on any atom is 0.251 e. The average Bonchev–Trinajstić information content (AvgIpc) is 2.59. The minimum absolute atomic E-state index is 0. The molecule has 24 heavy (non-hydrogen) atoms. The molecule has 1 aromatic carbocycles. The predicted octanol–water partition coefficient (Wildman–Crippen LogP) is 2.97. The minimum atomic E-state index is -0.114. The van der Waals surface area contributed by atoms with Gasteiger partial charge in [-0.3, -0.25) is 9.59 Å². The molecule has 2 rings (SSSR count). The predicted molar refractivity (Wildman–Crippen MR) is 99.8 cm³/mol. The Morgan fingerprint density at radius 3 is 2.58 bits per heavy atom. The van der Waals surface area contributed by atoms with Gasteiger partial charge in [-0.2, -0.15) is 0 Å². The Kier molecular flexibility index (Phi) is 9.42. The van der Waals surface area contributed by atoms with Gasteiger partial charge in [0, 0.05) is 30.3 Å². The first kappa shape index (κ1) is 20.5. The fourth-order valence-corrected chi connectivity index (χ4v) is 2.89. The number of nitrogens with one attached hydrogen (secondary N) is 3. The van der Waals surface area contributed by atoms with Crippen molar-refractivity contribution in [3.05, 3.63) is 29.8 Å². The van der Waals surface area contributed by atoms with Crippen molar-refractivity contribution < 1.29 is 9.59 Å². The zero-order valence-corrected chi connectivity index (χ0v) is 15.1. The average molecular weight is 354 g/mol. The van der Waals surface area contributed by atoms with Gasteiger partial charge in [-0.05, 0) is 37.6 Å². The van der Waals surface area contributed by atoms with Crippen molar-refractivity contribution in [2.75, 3.05) is 25.0 Å². The van der Waals surface area contributed by atoms with Gasteiger partial charge in [-0.25, -0.2) is 0 Å². The number of anilines is 1. The van der Waals surface area contributed by atoms with Crippen molar-refractivity contribution in [1.29, 1.82) is 0 Å². The molecule has 0 atom stereocenters. The van der Waals surface area contributed by atoms with E-state index in [2.05, 4.69) is 16.0 Å². The third-order valence-electron chi connectivity index (χ3n) is 4.21. The molecular weight excluding hydrogens is 326 g/mol. The monoisotopic (exact) mass is 353 g/mol. The number of amides is 2. The largest absolute Gasteiger partial charge is 0.351 e. The lowest BCUT2D eigenvalue weighted by Crippen LogP contribution is -2.31. The van der Waals surface area contributed by atoms with Crippen LogP contribution in [0.4, 0.5) is 5.69 Å². The standard InChI is InChI=1S/C18H27N3O2.ClH/c1-2-19-11-12-20-17(22)15-9-6-10-16(13-15)21-18(23)14-7-4-3-5-8-14;/h6,9-10,13-14,19H,2-5,7-8,11-12H2,1H3,(H,20,22)(H,21,23);1H. The number of rotatable bonds is 7. The van der Waals surface area contributed by atoms with E-state index in [-0.39, 0.29) is 30.1 Å². The highest BCUT2D eigenvalue weighted by Crippen LogP contribution is 2.25. The molecule has 1 aromatic rings. The first-order chi connectivity index (χ1) is 11.2. The van der Waals surface area contributed by atoms with Crippen LogP contribution in [0.15, 0.2) is 24.3 Å². The Morgan fingerprint density at radius 1 is 1.12 bits per heavy atom. The van der Waals surface area contributed by atoms with Gasteiger partial charge in [0.2, 0.25) is 5.91 Å². The molecule has 0 heterocycles. The highest BCUT2D eigenvalue weighted by molar-refractivity contribution is 5.97. The molecule has 1 aliphatic rings. The summed E-state index contributed by atoms with van der Waals surface area (Å²) < 4.78 is 0. The molecule has 0 bridgehead atoms. The molecule has 0 unspecified atom stereocenters. The second-order valence-corrected chi connectivity index (χ2v) is 6.01. The first-order valence-electron chi connectivity index (χ1n) is 8.60. The second kappa shape index (κ2) is 11.0. The van der Waals surface area contributed by atoms with E-state index in [1.165, 1.54) is 6.42 Å². The summed E-state index contributed by atoms with van der Waals surface area (Å²) in [7, 11) is 0. The summed E-state index contributed by atoms with van der Waals surface area (Å²) in [6, 6.07) is 7.13. The SMILES string of the molecule is CCNCCNC(=O)c1cccc(NC(=O)C2CCCCC2)c1.Cl. The Bertz CT molecular complexity index is 531. The molecule has 0 saturated heterocycles. The first-order valence-corrected chi connectivity index (χ1v) is 8.60. The van der Waals surface area contributed by atoms with Crippen LogP contribution in [0.1, 0.15) is 49.4 Å². The van der Waals surface area contributed by atoms with Crippen molar-refractivity contribution in [2.24, 2.45) is 5.92 Å². The lowest BCUT2D eigenvalue weighted by Gasteiger charge is -2.20. The van der Waals surface area contributed by atoms with Crippen LogP contribution in [0.5, 0.6) is 0 Å². The smallest absolute Gasteiger partial charge is 0.251 e. The van der Waals surface area contributed by atoms with Crippen molar-refractivity contribution >= 4 is 29.9 Å². The summed E-state index contributed by atoms with van der Waals surface area (Å²) in [4.78, 5) is 24.4. The van der Waals surface area contributed by atoms with Crippen LogP contribution in [0.25, 0.3) is 0 Å². The van der Waals surface area contributed by atoms with Crippen LogP contribution in [-0.2, 0) is 4.79 Å². The van der Waals surface area contributed by atoms with Crippen LogP contribution >= 0.6 is 12.4 Å². The molecule has 0 aliphatic heterocycles. The molecule has 5 nitrogen and oxygen atoms in total. The van der Waals surface area contributed by atoms with Crippen LogP contribution in [0, 0.1) is 5.92 Å². The molecular formula is C18H28ClN3O2. The van der Waals surface area contributed by atoms with Gasteiger partial charge in [0.1, 0.15) is 0 Å². The minimum Gasteiger partial charge on any atom is -0.351 e. The summed E-state index contributed by atoms with van der Waals surface area (Å²) in [5.74, 6) is 0.0763. The Balaban J connectivity index is 0.00000288. The maximum absolute atomic E-state index is 12.3. The highest BCUT2D eigenvalue weighted by Gasteiger charge is 2.21. The van der Waals surface area contributed by atoms with E-state index in [0.717, 1.165) is 38.8 Å². The Morgan fingerprint density at radius 2 is 1.88 bits per heavy atom. The summed E-state index contributed by atoms with van der Waals surface area (Å²) >= 11 is 0. The number of carbonyl (C=O) groups is 2. The molecule has 0 radical (unpaired) electrons. The number of hydrogen-bond acceptors (Lipinski definition) is 3. The lowest BCUT2D eigenvalue weighted by atomic mass is 9.88. The summed E-state index contributed by atoms with van der Waals surface area (Å²) in [5, 5.41) is 8.97. The number of carbonyl (C=O) groups excluding carboxylic acids is 2. The summed E-state index contributed by atoms with van der Waals surface area (Å²) in [5.41, 5.74) is 1.27. The summed E-state index contributed by atoms with van der Waals surface area (Å²) in [6.07, 6.45) is 5.43. The topological polar surface area (TPSA) is 70.2 Å². The van der Waals surface area contributed by atoms with Gasteiger partial charge >= 0.3 is 0 Å². The van der Waals surface area contributed by atoms with Gasteiger partial charge in [-0.1, -0.05) is 32.3 Å². The van der Waals surface area contributed by atoms with E-state index >= 15 is 0 Å². The van der Waals surface area contributed by atoms with E-state index < -0.39 is 0 Å². The maximum atomic E-state index is 12.3. The number of halogens is 1. The van der Waals surface area contributed by atoms with Crippen molar-refractivity contribution in [1.82, 2.24) is 10.6 Å². The fourth-order valence-electron chi connectivity index (χ4n) is 2.89. The molecule has 2 amide bonds. The zero-order chi connectivity index (χ0) is 16.5. The Labute approximate surface area is 150 Å². The van der Waals surface area contributed by atoms with E-state index in [0.29, 0.717) is 17.8 Å². The van der Waals surface area contributed by atoms with Crippen LogP contribution < -0.4 is 16.0 Å². The van der Waals surface area contributed by atoms with Crippen LogP contribution in [0.3, 0.4) is 0 Å². The van der Waals surface area contributed by atoms with Gasteiger partial charge in [0.15, 0.2) is 0 Å². The van der Waals surface area contributed by atoms with Crippen molar-refractivity contribution in [3.63, 3.8) is 0 Å². The number of likely N-dealkylation sites (N-methyl/N-ethyl adjacent to an activating group) is 1. The quantitative estimate of drug-likeness (QED) is 0.660. The van der Waals surface area contributed by atoms with E-state index in [1.807, 2.05) is 13.0 Å². The van der Waals surface area contributed by atoms with Gasteiger partial charge < -0.3 is 16.0 Å². The van der Waals surface area contributed by atoms with Crippen LogP contribution in [0.2, 0.25) is 0 Å². The van der Waals surface area contributed by atoms with Crippen molar-refractivity contribution in [3.8, 4) is 0 Å². The third-order valence-corrected chi connectivity index (χ3v) is 4.21. The molecule has 1 saturated carbocycles. The van der Waals surface area contributed by atoms with Crippen LogP contribution in [-0.4, -0.2) is 31.4 Å². The molecule has 1 fully saturated rings. The van der Waals surface area contributed by atoms with Gasteiger partial charge in [0.05, 0.1) is 0 Å². The van der Waals surface area contributed by atoms with E-state index in [1.54, 1.807) is 18.2 Å². The molecule has 3 N–H and O–H groups in total. The Hall–Kier alpha value is -1.59.